The molecule has 1 aromatic rings. The summed E-state index contributed by atoms with van der Waals surface area (Å²) >= 11 is 0. The second-order valence-corrected chi connectivity index (χ2v) is 8.79. The molecular weight excluding hydrogens is 413 g/mol. The van der Waals surface area contributed by atoms with Gasteiger partial charge < -0.3 is 4.74 Å². The molecule has 135 valence electrons. The number of benzene rings is 1. The second kappa shape index (κ2) is 6.22. The van der Waals surface area contributed by atoms with E-state index in [1.165, 1.54) is 6.42 Å². The van der Waals surface area contributed by atoms with Gasteiger partial charge in [-0.05, 0) is 66.8 Å². The molecule has 1 unspecified atom stereocenters. The van der Waals surface area contributed by atoms with Gasteiger partial charge in [-0.25, -0.2) is 23.0 Å². The number of carbonyl (C=O) groups is 2. The van der Waals surface area contributed by atoms with Gasteiger partial charge in [-0.15, -0.1) is 6.07 Å². The molecule has 1 saturated heterocycles. The van der Waals surface area contributed by atoms with Crippen LogP contribution >= 0.6 is 0 Å². The number of carbonyl (C=O) groups excluding carboxylic acids is 2. The van der Waals surface area contributed by atoms with Crippen LogP contribution in [0.15, 0.2) is 35.9 Å². The molecule has 0 N–H and O–H groups in total. The van der Waals surface area contributed by atoms with Gasteiger partial charge in [0.25, 0.3) is 0 Å². The molecule has 1 spiro atoms. The fourth-order valence-corrected chi connectivity index (χ4v) is 6.89. The quantitative estimate of drug-likeness (QED) is 0.385. The Balaban J connectivity index is 0.00000160. The molecule has 4 heteroatoms. The zero-order valence-corrected chi connectivity index (χ0v) is 17.9. The van der Waals surface area contributed by atoms with E-state index < -0.39 is 11.9 Å². The Kier molecular flexibility index (Phi) is 4.15. The van der Waals surface area contributed by atoms with Crippen LogP contribution in [-0.4, -0.2) is 11.9 Å². The maximum atomic E-state index is 12.7. The number of fused-ring (bicyclic) bond motifs is 1. The van der Waals surface area contributed by atoms with Crippen LogP contribution in [0.3, 0.4) is 0 Å². The summed E-state index contributed by atoms with van der Waals surface area (Å²) in [6.45, 7) is 0. The van der Waals surface area contributed by atoms with Crippen molar-refractivity contribution in [1.82, 2.24) is 0 Å². The van der Waals surface area contributed by atoms with Crippen molar-refractivity contribution in [3.8, 4) is 0 Å². The summed E-state index contributed by atoms with van der Waals surface area (Å²) in [5.41, 5.74) is 2.04. The van der Waals surface area contributed by atoms with Crippen molar-refractivity contribution in [2.75, 3.05) is 0 Å². The Morgan fingerprint density at radius 1 is 1.00 bits per heavy atom. The zero-order valence-electron chi connectivity index (χ0n) is 15.1. The van der Waals surface area contributed by atoms with Crippen molar-refractivity contribution in [1.29, 1.82) is 0 Å². The summed E-state index contributed by atoms with van der Waals surface area (Å²) < 4.78 is 5.11. The molecule has 5 aliphatic carbocycles. The van der Waals surface area contributed by atoms with E-state index in [1.54, 1.807) is 0 Å². The Hall–Kier alpha value is -1.06. The molecule has 4 saturated carbocycles. The number of allylic oxidation sites excluding steroid dienone is 3. The molecule has 27 heavy (non-hydrogen) atoms. The third kappa shape index (κ3) is 2.40. The minimum Gasteiger partial charge on any atom is -0.390 e. The smallest absolute Gasteiger partial charge is 0.329 e. The van der Waals surface area contributed by atoms with E-state index in [4.69, 9.17) is 4.74 Å². The van der Waals surface area contributed by atoms with Crippen LogP contribution in [-0.2, 0) is 47.0 Å². The average Bonchev–Trinajstić information content (AvgIpc) is 2.94. The molecule has 1 heterocycles. The van der Waals surface area contributed by atoms with Gasteiger partial charge in [0.2, 0.25) is 0 Å². The molecule has 1 aliphatic heterocycles. The van der Waals surface area contributed by atoms with Crippen LogP contribution in [0.5, 0.6) is 0 Å². The van der Waals surface area contributed by atoms with Gasteiger partial charge in [0.05, 0.1) is 5.92 Å². The monoisotopic (exact) mass is 433 g/mol. The SMILES string of the molecule is O=C1OC(=O)C2C1=CC(c1[c-]cccc1)=[C-]C21C2CC3CC(C2)CC1C3.[Y]. The van der Waals surface area contributed by atoms with Crippen molar-refractivity contribution in [3.63, 3.8) is 0 Å². The van der Waals surface area contributed by atoms with E-state index in [0.717, 1.165) is 48.7 Å². The Morgan fingerprint density at radius 2 is 1.70 bits per heavy atom. The molecule has 4 bridgehead atoms. The summed E-state index contributed by atoms with van der Waals surface area (Å²) in [4.78, 5) is 25.2. The van der Waals surface area contributed by atoms with Gasteiger partial charge >= 0.3 is 11.9 Å². The number of cyclic esters (lactones) is 2. The standard InChI is InChI=1S/C23H20O3.Y/c24-21-19-11-16(15-4-2-1-3-5-15)12-23(20(19)22(25)26-21)17-7-13-6-14(9-17)10-18(23)8-13;/h1-4,11,13-14,17-18,20H,6-10H2;/q-2;. The van der Waals surface area contributed by atoms with Crippen molar-refractivity contribution < 1.29 is 47.0 Å². The first kappa shape index (κ1) is 18.0. The molecule has 3 nitrogen and oxygen atoms in total. The maximum absolute atomic E-state index is 12.7. The first-order chi connectivity index (χ1) is 12.6. The predicted molar refractivity (Wildman–Crippen MR) is 94.1 cm³/mol. The molecule has 0 aromatic heterocycles. The van der Waals surface area contributed by atoms with Crippen molar-refractivity contribution >= 4 is 17.5 Å². The Bertz CT molecular complexity index is 854. The van der Waals surface area contributed by atoms with Crippen molar-refractivity contribution in [3.05, 3.63) is 53.6 Å². The number of rotatable bonds is 1. The van der Waals surface area contributed by atoms with Gasteiger partial charge in [-0.2, -0.15) is 18.2 Å². The van der Waals surface area contributed by atoms with Crippen molar-refractivity contribution in [2.24, 2.45) is 35.0 Å². The van der Waals surface area contributed by atoms with Crippen LogP contribution in [0.1, 0.15) is 37.7 Å². The average molecular weight is 433 g/mol. The Labute approximate surface area is 184 Å². The van der Waals surface area contributed by atoms with Gasteiger partial charge in [0, 0.05) is 32.7 Å². The third-order valence-corrected chi connectivity index (χ3v) is 7.59. The largest absolute Gasteiger partial charge is 0.390 e. The van der Waals surface area contributed by atoms with Crippen LogP contribution < -0.4 is 0 Å². The summed E-state index contributed by atoms with van der Waals surface area (Å²) in [6.07, 6.45) is 11.6. The number of esters is 2. The van der Waals surface area contributed by atoms with E-state index in [0.29, 0.717) is 17.4 Å². The van der Waals surface area contributed by atoms with Crippen molar-refractivity contribution in [2.45, 2.75) is 32.1 Å². The summed E-state index contributed by atoms with van der Waals surface area (Å²) in [7, 11) is 0. The fourth-order valence-electron chi connectivity index (χ4n) is 6.89. The fraction of sp³-hybridized carbons (Fsp3) is 0.478. The topological polar surface area (TPSA) is 43.4 Å². The third-order valence-electron chi connectivity index (χ3n) is 7.59. The molecule has 1 radical (unpaired) electrons. The first-order valence-electron chi connectivity index (χ1n) is 9.75. The first-order valence-corrected chi connectivity index (χ1v) is 9.75. The molecular formula is C23H20O3Y-2. The van der Waals surface area contributed by atoms with E-state index in [1.807, 2.05) is 30.3 Å². The molecule has 7 rings (SSSR count). The number of hydrogen-bond acceptors (Lipinski definition) is 3. The van der Waals surface area contributed by atoms with Gasteiger partial charge in [0.1, 0.15) is 0 Å². The van der Waals surface area contributed by atoms with E-state index in [-0.39, 0.29) is 44.1 Å². The van der Waals surface area contributed by atoms with E-state index in [9.17, 15) is 9.59 Å². The molecule has 1 atom stereocenters. The number of ether oxygens (including phenoxy) is 1. The van der Waals surface area contributed by atoms with Crippen LogP contribution in [0.25, 0.3) is 5.57 Å². The minimum atomic E-state index is -0.455. The van der Waals surface area contributed by atoms with Crippen LogP contribution in [0, 0.1) is 47.1 Å². The maximum Gasteiger partial charge on any atom is 0.329 e. The number of hydrogen-bond donors (Lipinski definition) is 0. The molecule has 5 fully saturated rings. The summed E-state index contributed by atoms with van der Waals surface area (Å²) in [6, 6.07) is 11.1. The molecule has 0 amide bonds. The Morgan fingerprint density at radius 3 is 2.33 bits per heavy atom. The normalized spacial score (nSPS) is 41.0. The van der Waals surface area contributed by atoms with E-state index >= 15 is 0 Å². The zero-order chi connectivity index (χ0) is 17.5. The molecule has 6 aliphatic rings. The summed E-state index contributed by atoms with van der Waals surface area (Å²) in [5.74, 6) is 1.20. The summed E-state index contributed by atoms with van der Waals surface area (Å²) in [5, 5.41) is 0. The predicted octanol–water partition coefficient (Wildman–Crippen LogP) is 3.75. The van der Waals surface area contributed by atoms with Crippen LogP contribution in [0.4, 0.5) is 0 Å². The second-order valence-electron chi connectivity index (χ2n) is 8.79. The van der Waals surface area contributed by atoms with E-state index in [2.05, 4.69) is 12.1 Å². The minimum absolute atomic E-state index is 0. The van der Waals surface area contributed by atoms with Gasteiger partial charge in [-0.1, -0.05) is 0 Å². The molecule has 1 aromatic carbocycles. The van der Waals surface area contributed by atoms with Crippen LogP contribution in [0.2, 0.25) is 0 Å². The van der Waals surface area contributed by atoms with Gasteiger partial charge in [-0.3, -0.25) is 15.9 Å². The van der Waals surface area contributed by atoms with Gasteiger partial charge in [0.15, 0.2) is 0 Å².